The summed E-state index contributed by atoms with van der Waals surface area (Å²) in [5, 5.41) is 12.7. The van der Waals surface area contributed by atoms with Gasteiger partial charge in [0.15, 0.2) is 0 Å². The number of nitrogens with one attached hydrogen (secondary N) is 1. The molecule has 0 bridgehead atoms. The van der Waals surface area contributed by atoms with Gasteiger partial charge in [0, 0.05) is 36.6 Å². The lowest BCUT2D eigenvalue weighted by Crippen LogP contribution is -2.21. The van der Waals surface area contributed by atoms with Crippen LogP contribution in [0.4, 0.5) is 10.1 Å². The summed E-state index contributed by atoms with van der Waals surface area (Å²) in [6.07, 6.45) is 7.38. The molecule has 0 spiro atoms. The van der Waals surface area contributed by atoms with Gasteiger partial charge in [0.05, 0.1) is 33.5 Å². The maximum absolute atomic E-state index is 15.1. The largest absolute Gasteiger partial charge is 0.477 e. The number of anilines is 1. The van der Waals surface area contributed by atoms with Crippen LogP contribution in [-0.2, 0) is 6.54 Å². The Kier molecular flexibility index (Phi) is 4.74. The van der Waals surface area contributed by atoms with Crippen LogP contribution in [0.25, 0.3) is 16.6 Å². The van der Waals surface area contributed by atoms with Crippen molar-refractivity contribution < 1.29 is 14.3 Å². The van der Waals surface area contributed by atoms with Crippen molar-refractivity contribution in [1.82, 2.24) is 14.1 Å². The lowest BCUT2D eigenvalue weighted by atomic mass is 10.1. The molecule has 0 atom stereocenters. The lowest BCUT2D eigenvalue weighted by molar-refractivity contribution is 0.0695. The Morgan fingerprint density at radius 2 is 2.13 bits per heavy atom. The van der Waals surface area contributed by atoms with E-state index in [0.717, 1.165) is 29.6 Å². The molecule has 31 heavy (non-hydrogen) atoms. The number of nitrogens with zero attached hydrogens (tertiary/aromatic N) is 3. The second-order valence-electron chi connectivity index (χ2n) is 7.16. The molecule has 0 saturated heterocycles. The van der Waals surface area contributed by atoms with Gasteiger partial charge in [-0.2, -0.15) is 0 Å². The van der Waals surface area contributed by atoms with E-state index < -0.39 is 17.2 Å². The van der Waals surface area contributed by atoms with Gasteiger partial charge in [-0.05, 0) is 24.6 Å². The minimum absolute atomic E-state index is 0.0540. The highest BCUT2D eigenvalue weighted by atomic mass is 32.2. The smallest absolute Gasteiger partial charge is 0.341 e. The summed E-state index contributed by atoms with van der Waals surface area (Å²) in [5.41, 5.74) is 0.502. The number of imidazole rings is 1. The summed E-state index contributed by atoms with van der Waals surface area (Å²) >= 11 is 1.37. The second kappa shape index (κ2) is 7.59. The van der Waals surface area contributed by atoms with Crippen LogP contribution >= 0.6 is 11.8 Å². The van der Waals surface area contributed by atoms with Crippen molar-refractivity contribution in [3.05, 3.63) is 76.9 Å². The number of carboxylic acid groups (broad SMARTS) is 1. The number of aromatic nitrogens is 3. The van der Waals surface area contributed by atoms with E-state index in [0.29, 0.717) is 22.6 Å². The summed E-state index contributed by atoms with van der Waals surface area (Å²) in [6, 6.07) is 8.58. The predicted molar refractivity (Wildman–Crippen MR) is 116 cm³/mol. The number of pyridine rings is 1. The zero-order valence-corrected chi connectivity index (χ0v) is 17.0. The third kappa shape index (κ3) is 3.27. The van der Waals surface area contributed by atoms with Gasteiger partial charge in [-0.15, -0.1) is 0 Å². The van der Waals surface area contributed by atoms with Gasteiger partial charge in [0.2, 0.25) is 5.43 Å². The van der Waals surface area contributed by atoms with Crippen LogP contribution in [-0.4, -0.2) is 31.7 Å². The molecule has 2 aromatic heterocycles. The Balaban J connectivity index is 1.63. The lowest BCUT2D eigenvalue weighted by Gasteiger charge is -2.25. The van der Waals surface area contributed by atoms with Gasteiger partial charge >= 0.3 is 5.97 Å². The second-order valence-corrected chi connectivity index (χ2v) is 8.21. The number of aryl methyl sites for hydroxylation is 1. The molecular weight excluding hydrogens is 419 g/mol. The Morgan fingerprint density at radius 3 is 2.90 bits per heavy atom. The predicted octanol–water partition coefficient (Wildman–Crippen LogP) is 3.99. The first kappa shape index (κ1) is 19.4. The van der Waals surface area contributed by atoms with Crippen molar-refractivity contribution in [2.75, 3.05) is 11.9 Å². The van der Waals surface area contributed by atoms with Crippen molar-refractivity contribution in [2.45, 2.75) is 22.8 Å². The number of rotatable bonds is 6. The highest BCUT2D eigenvalue weighted by molar-refractivity contribution is 8.00. The van der Waals surface area contributed by atoms with Crippen LogP contribution in [0.2, 0.25) is 0 Å². The Bertz CT molecular complexity index is 1380. The van der Waals surface area contributed by atoms with Gasteiger partial charge in [-0.25, -0.2) is 14.2 Å². The van der Waals surface area contributed by atoms with E-state index in [1.165, 1.54) is 18.0 Å². The maximum atomic E-state index is 15.1. The van der Waals surface area contributed by atoms with Crippen molar-refractivity contribution in [1.29, 1.82) is 0 Å². The number of hydrogen-bond acceptors (Lipinski definition) is 5. The number of aromatic carboxylic acids is 1. The zero-order valence-electron chi connectivity index (χ0n) is 16.2. The van der Waals surface area contributed by atoms with Crippen LogP contribution in [0, 0.1) is 5.82 Å². The maximum Gasteiger partial charge on any atom is 0.341 e. The molecule has 7 nitrogen and oxygen atoms in total. The molecule has 0 radical (unpaired) electrons. The third-order valence-corrected chi connectivity index (χ3v) is 6.38. The van der Waals surface area contributed by atoms with E-state index in [-0.39, 0.29) is 10.9 Å². The van der Waals surface area contributed by atoms with E-state index in [9.17, 15) is 14.7 Å². The molecule has 5 rings (SSSR count). The number of hydrogen-bond donors (Lipinski definition) is 2. The van der Waals surface area contributed by atoms with E-state index in [1.807, 2.05) is 35.0 Å². The minimum atomic E-state index is -1.34. The average molecular weight is 436 g/mol. The molecule has 0 unspecified atom stereocenters. The minimum Gasteiger partial charge on any atom is -0.477 e. The number of benzene rings is 2. The van der Waals surface area contributed by atoms with Gasteiger partial charge in [0.1, 0.15) is 11.4 Å². The monoisotopic (exact) mass is 436 g/mol. The molecule has 4 aromatic rings. The summed E-state index contributed by atoms with van der Waals surface area (Å²) < 4.78 is 18.7. The molecule has 0 fully saturated rings. The molecule has 0 aliphatic carbocycles. The third-order valence-electron chi connectivity index (χ3n) is 5.22. The zero-order chi connectivity index (χ0) is 21.5. The number of carboxylic acids is 1. The topological polar surface area (TPSA) is 89.2 Å². The Hall–Kier alpha value is -3.59. The van der Waals surface area contributed by atoms with E-state index in [4.69, 9.17) is 0 Å². The number of fused-ring (bicyclic) bond motifs is 2. The first-order valence-electron chi connectivity index (χ1n) is 9.66. The molecule has 3 heterocycles. The van der Waals surface area contributed by atoms with Crippen molar-refractivity contribution >= 4 is 34.3 Å². The average Bonchev–Trinajstić information content (AvgIpc) is 3.27. The first-order valence-corrected chi connectivity index (χ1v) is 10.5. The summed E-state index contributed by atoms with van der Waals surface area (Å²) in [4.78, 5) is 29.9. The van der Waals surface area contributed by atoms with Crippen LogP contribution in [0.15, 0.2) is 69.8 Å². The van der Waals surface area contributed by atoms with Crippen molar-refractivity contribution in [2.24, 2.45) is 0 Å². The van der Waals surface area contributed by atoms with Crippen molar-refractivity contribution in [3.63, 3.8) is 0 Å². The highest BCUT2D eigenvalue weighted by Crippen LogP contribution is 2.46. The van der Waals surface area contributed by atoms with Crippen LogP contribution in [0.3, 0.4) is 0 Å². The molecule has 0 saturated carbocycles. The highest BCUT2D eigenvalue weighted by Gasteiger charge is 2.27. The molecule has 2 N–H and O–H groups in total. The van der Waals surface area contributed by atoms with E-state index in [1.54, 1.807) is 17.1 Å². The van der Waals surface area contributed by atoms with Gasteiger partial charge < -0.3 is 19.6 Å². The van der Waals surface area contributed by atoms with Gasteiger partial charge in [-0.3, -0.25) is 4.79 Å². The first-order chi connectivity index (χ1) is 15.0. The molecule has 1 aliphatic heterocycles. The van der Waals surface area contributed by atoms with Crippen LogP contribution < -0.4 is 10.7 Å². The van der Waals surface area contributed by atoms with Crippen LogP contribution in [0.1, 0.15) is 16.8 Å². The molecule has 156 valence electrons. The SMILES string of the molecule is O=C(O)c1cn2c3c(c(NCCCn4ccnc4)c(F)cc3c1=O)Sc1ccccc1-2. The molecular formula is C22H17FN4O3S. The normalized spacial score (nSPS) is 12.0. The van der Waals surface area contributed by atoms with Gasteiger partial charge in [-0.1, -0.05) is 23.9 Å². The summed E-state index contributed by atoms with van der Waals surface area (Å²) in [7, 11) is 0. The fourth-order valence-electron chi connectivity index (χ4n) is 3.78. The summed E-state index contributed by atoms with van der Waals surface area (Å²) in [6.45, 7) is 1.26. The molecule has 9 heteroatoms. The quantitative estimate of drug-likeness (QED) is 0.391. The van der Waals surface area contributed by atoms with Crippen LogP contribution in [0.5, 0.6) is 0 Å². The number of carbonyl (C=O) groups is 1. The fraction of sp³-hybridized carbons (Fsp3) is 0.136. The van der Waals surface area contributed by atoms with Gasteiger partial charge in [0.25, 0.3) is 0 Å². The van der Waals surface area contributed by atoms with E-state index in [2.05, 4.69) is 10.3 Å². The molecule has 1 aliphatic rings. The Morgan fingerprint density at radius 1 is 1.29 bits per heavy atom. The summed E-state index contributed by atoms with van der Waals surface area (Å²) in [5.74, 6) is -1.92. The standard InChI is InChI=1S/C22H17FN4O3S/c23-15-10-13-19-21(18(15)25-6-3-8-26-9-7-24-12-26)31-17-5-2-1-4-16(17)27(19)11-14(20(13)28)22(29)30/h1-2,4-5,7,9-12,25H,3,6,8H2,(H,29,30). The fourth-order valence-corrected chi connectivity index (χ4v) is 4.99. The molecule has 2 aromatic carbocycles. The number of para-hydroxylation sites is 1. The molecule has 0 amide bonds. The number of halogens is 1. The van der Waals surface area contributed by atoms with E-state index >= 15 is 4.39 Å². The Labute approximate surface area is 180 Å². The van der Waals surface area contributed by atoms with Crippen molar-refractivity contribution in [3.8, 4) is 5.69 Å².